The van der Waals surface area contributed by atoms with Crippen molar-refractivity contribution in [3.05, 3.63) is 67.3 Å². The molecule has 14 nitrogen and oxygen atoms in total. The number of hydrogen-bond acceptors (Lipinski definition) is 11. The van der Waals surface area contributed by atoms with Crippen molar-refractivity contribution in [3.8, 4) is 0 Å². The van der Waals surface area contributed by atoms with Gasteiger partial charge in [-0.05, 0) is 26.7 Å². The summed E-state index contributed by atoms with van der Waals surface area (Å²) in [5, 5.41) is 0. The summed E-state index contributed by atoms with van der Waals surface area (Å²) < 4.78 is 9.54. The molecule has 0 bridgehead atoms. The quantitative estimate of drug-likeness (QED) is 0.311. The Labute approximate surface area is 179 Å². The van der Waals surface area contributed by atoms with Crippen LogP contribution in [0.2, 0.25) is 0 Å². The lowest BCUT2D eigenvalue weighted by molar-refractivity contribution is -0.148. The van der Waals surface area contributed by atoms with E-state index >= 15 is 0 Å². The van der Waals surface area contributed by atoms with Crippen LogP contribution in [0, 0.1) is 0 Å². The predicted octanol–water partition coefficient (Wildman–Crippen LogP) is -2.79. The standard InChI is InChI=1S/C17H18BN3O11/c1-9(2)12(22)30-19-15(25)20(31-13(23)10(3)4)17(27)21(16(19)26)32-14(24)11(5)8-18-28-6-7-29-18/h8H,1,3,6-7H2,2,4-5H3/b11-8+. The number of carbonyl (C=O) groups is 3. The molecule has 170 valence electrons. The van der Waals surface area contributed by atoms with Crippen LogP contribution >= 0.6 is 0 Å². The maximum absolute atomic E-state index is 12.5. The Morgan fingerprint density at radius 2 is 1.12 bits per heavy atom. The van der Waals surface area contributed by atoms with Crippen LogP contribution in [0.1, 0.15) is 20.8 Å². The smallest absolute Gasteiger partial charge is 0.405 e. The minimum absolute atomic E-state index is 0.134. The van der Waals surface area contributed by atoms with Gasteiger partial charge in [0, 0.05) is 16.7 Å². The molecule has 0 N–H and O–H groups in total. The fraction of sp³-hybridized carbons (Fsp3) is 0.294. The minimum Gasteiger partial charge on any atom is -0.405 e. The first-order valence-corrected chi connectivity index (χ1v) is 8.85. The van der Waals surface area contributed by atoms with E-state index < -0.39 is 42.1 Å². The van der Waals surface area contributed by atoms with Gasteiger partial charge in [0.1, 0.15) is 0 Å². The van der Waals surface area contributed by atoms with Crippen molar-refractivity contribution in [2.75, 3.05) is 13.2 Å². The van der Waals surface area contributed by atoms with Gasteiger partial charge in [-0.15, -0.1) is 0 Å². The van der Waals surface area contributed by atoms with Crippen LogP contribution < -0.4 is 31.6 Å². The zero-order valence-electron chi connectivity index (χ0n) is 17.3. The highest BCUT2D eigenvalue weighted by molar-refractivity contribution is 6.52. The molecule has 32 heavy (non-hydrogen) atoms. The molecule has 0 spiro atoms. The van der Waals surface area contributed by atoms with Gasteiger partial charge in [0.05, 0.1) is 13.2 Å². The minimum atomic E-state index is -1.67. The third-order valence-corrected chi connectivity index (χ3v) is 3.62. The molecule has 1 aromatic rings. The van der Waals surface area contributed by atoms with Crippen molar-refractivity contribution in [1.29, 1.82) is 0 Å². The molecule has 0 aromatic carbocycles. The molecule has 0 aliphatic carbocycles. The predicted molar refractivity (Wildman–Crippen MR) is 105 cm³/mol. The van der Waals surface area contributed by atoms with Crippen LogP contribution in [0.3, 0.4) is 0 Å². The summed E-state index contributed by atoms with van der Waals surface area (Å²) in [5.74, 6) is -2.47. The summed E-state index contributed by atoms with van der Waals surface area (Å²) in [5.41, 5.74) is -5.58. The molecule has 0 saturated carbocycles. The summed E-state index contributed by atoms with van der Waals surface area (Å²) in [4.78, 5) is 87.3. The molecular formula is C17H18BN3O11. The molecule has 0 unspecified atom stereocenters. The van der Waals surface area contributed by atoms with Crippen LogP contribution in [0.25, 0.3) is 0 Å². The van der Waals surface area contributed by atoms with Crippen molar-refractivity contribution in [2.24, 2.45) is 0 Å². The lowest BCUT2D eigenvalue weighted by Gasteiger charge is -2.12. The number of hydrogen-bond donors (Lipinski definition) is 0. The van der Waals surface area contributed by atoms with Gasteiger partial charge < -0.3 is 23.8 Å². The van der Waals surface area contributed by atoms with Gasteiger partial charge in [0.25, 0.3) is 0 Å². The molecule has 15 heteroatoms. The summed E-state index contributed by atoms with van der Waals surface area (Å²) in [6, 6.07) is 0. The first kappa shape index (κ1) is 24.3. The van der Waals surface area contributed by atoms with Crippen molar-refractivity contribution in [1.82, 2.24) is 14.2 Å². The highest BCUT2D eigenvalue weighted by Crippen LogP contribution is 2.04. The van der Waals surface area contributed by atoms with Crippen LogP contribution in [-0.2, 0) is 23.7 Å². The topological polar surface area (TPSA) is 163 Å². The van der Waals surface area contributed by atoms with Crippen molar-refractivity contribution >= 4 is 25.0 Å². The van der Waals surface area contributed by atoms with Gasteiger partial charge in [-0.25, -0.2) is 28.8 Å². The highest BCUT2D eigenvalue weighted by atomic mass is 16.8. The van der Waals surface area contributed by atoms with E-state index in [1.54, 1.807) is 0 Å². The highest BCUT2D eigenvalue weighted by Gasteiger charge is 2.27. The maximum atomic E-state index is 12.5. The number of aromatic nitrogens is 3. The normalized spacial score (nSPS) is 13.5. The molecule has 2 rings (SSSR count). The number of rotatable bonds is 7. The van der Waals surface area contributed by atoms with Crippen LogP contribution in [-0.4, -0.2) is 52.4 Å². The molecular weight excluding hydrogens is 433 g/mol. The zero-order chi connectivity index (χ0) is 24.2. The molecule has 1 fully saturated rings. The molecule has 1 saturated heterocycles. The fourth-order valence-corrected chi connectivity index (χ4v) is 1.95. The maximum Gasteiger partial charge on any atom is 0.486 e. The lowest BCUT2D eigenvalue weighted by atomic mass is 9.88. The van der Waals surface area contributed by atoms with Gasteiger partial charge in [0.2, 0.25) is 0 Å². The van der Waals surface area contributed by atoms with Gasteiger partial charge in [0.15, 0.2) is 0 Å². The van der Waals surface area contributed by atoms with E-state index in [0.717, 1.165) is 0 Å². The van der Waals surface area contributed by atoms with E-state index in [4.69, 9.17) is 14.1 Å². The van der Waals surface area contributed by atoms with E-state index in [1.165, 1.54) is 26.7 Å². The van der Waals surface area contributed by atoms with Crippen LogP contribution in [0.15, 0.2) is 50.2 Å². The SMILES string of the molecule is C=C(C)C(=O)On1c(=O)n(OC(=O)C(=C)C)c(=O)n(OC(=O)/C(C)=C/B2OCCO2)c1=O. The van der Waals surface area contributed by atoms with E-state index in [9.17, 15) is 28.8 Å². The second-order valence-corrected chi connectivity index (χ2v) is 6.39. The van der Waals surface area contributed by atoms with Gasteiger partial charge >= 0.3 is 42.1 Å². The molecule has 2 heterocycles. The Morgan fingerprint density at radius 1 is 0.781 bits per heavy atom. The van der Waals surface area contributed by atoms with E-state index in [0.29, 0.717) is 13.2 Å². The van der Waals surface area contributed by atoms with E-state index in [-0.39, 0.29) is 30.9 Å². The third-order valence-electron chi connectivity index (χ3n) is 3.62. The third kappa shape index (κ3) is 5.38. The monoisotopic (exact) mass is 451 g/mol. The number of nitrogens with zero attached hydrogens (tertiary/aromatic N) is 3. The second kappa shape index (κ2) is 9.89. The second-order valence-electron chi connectivity index (χ2n) is 6.39. The van der Waals surface area contributed by atoms with Crippen molar-refractivity contribution < 1.29 is 38.2 Å². The molecule has 0 radical (unpaired) electrons. The Hall–Kier alpha value is -3.98. The first-order valence-electron chi connectivity index (χ1n) is 8.85. The van der Waals surface area contributed by atoms with Gasteiger partial charge in [-0.1, -0.05) is 27.3 Å². The summed E-state index contributed by atoms with van der Waals surface area (Å²) >= 11 is 0. The molecule has 1 aliphatic heterocycles. The Morgan fingerprint density at radius 3 is 1.47 bits per heavy atom. The van der Waals surface area contributed by atoms with E-state index in [1.807, 2.05) is 0 Å². The van der Waals surface area contributed by atoms with Gasteiger partial charge in [-0.3, -0.25) is 0 Å². The average molecular weight is 451 g/mol. The fourth-order valence-electron chi connectivity index (χ4n) is 1.95. The number of carbonyl (C=O) groups excluding carboxylic acids is 3. The summed E-state index contributed by atoms with van der Waals surface area (Å²) in [6.07, 6.45) is 0. The summed E-state index contributed by atoms with van der Waals surface area (Å²) in [7, 11) is -0.849. The molecule has 0 atom stereocenters. The lowest BCUT2D eigenvalue weighted by Crippen LogP contribution is -2.61. The first-order chi connectivity index (χ1) is 14.9. The average Bonchev–Trinajstić information content (AvgIpc) is 3.23. The van der Waals surface area contributed by atoms with Gasteiger partial charge in [-0.2, -0.15) is 0 Å². The van der Waals surface area contributed by atoms with E-state index in [2.05, 4.69) is 22.8 Å². The Bertz CT molecular complexity index is 1130. The Kier molecular flexibility index (Phi) is 7.51. The van der Waals surface area contributed by atoms with Crippen LogP contribution in [0.5, 0.6) is 0 Å². The van der Waals surface area contributed by atoms with Crippen molar-refractivity contribution in [2.45, 2.75) is 20.8 Å². The van der Waals surface area contributed by atoms with Crippen LogP contribution in [0.4, 0.5) is 0 Å². The molecule has 0 amide bonds. The summed E-state index contributed by atoms with van der Waals surface area (Å²) in [6.45, 7) is 10.9. The molecule has 1 aromatic heterocycles. The Balaban J connectivity index is 2.57. The zero-order valence-corrected chi connectivity index (χ0v) is 17.3. The van der Waals surface area contributed by atoms with Crippen molar-refractivity contribution in [3.63, 3.8) is 0 Å². The largest absolute Gasteiger partial charge is 0.486 e. The molecule has 1 aliphatic rings.